The summed E-state index contributed by atoms with van der Waals surface area (Å²) in [6.07, 6.45) is 3.34. The van der Waals surface area contributed by atoms with Gasteiger partial charge in [-0.15, -0.1) is 0 Å². The molecule has 0 radical (unpaired) electrons. The average molecular weight is 316 g/mol. The monoisotopic (exact) mass is 316 g/mol. The number of rotatable bonds is 3. The smallest absolute Gasteiger partial charge is 0.188 e. The molecular formula is C19H16N4O. The topological polar surface area (TPSA) is 58.2 Å². The van der Waals surface area contributed by atoms with E-state index in [1.807, 2.05) is 41.1 Å². The molecule has 3 heterocycles. The summed E-state index contributed by atoms with van der Waals surface area (Å²) in [7, 11) is 0. The third kappa shape index (κ3) is 2.34. The van der Waals surface area contributed by atoms with E-state index in [-0.39, 0.29) is 0 Å². The molecule has 5 nitrogen and oxygen atoms in total. The van der Waals surface area contributed by atoms with Crippen molar-refractivity contribution in [1.82, 2.24) is 14.5 Å². The lowest BCUT2D eigenvalue weighted by Gasteiger charge is -2.07. The third-order valence-corrected chi connectivity index (χ3v) is 4.14. The second kappa shape index (κ2) is 5.52. The van der Waals surface area contributed by atoms with Gasteiger partial charge < -0.3 is 14.7 Å². The van der Waals surface area contributed by atoms with E-state index in [4.69, 9.17) is 6.57 Å². The predicted octanol–water partition coefficient (Wildman–Crippen LogP) is 4.12. The van der Waals surface area contributed by atoms with E-state index in [9.17, 15) is 5.11 Å². The summed E-state index contributed by atoms with van der Waals surface area (Å²) in [6.45, 7) is 9.54. The van der Waals surface area contributed by atoms with Crippen LogP contribution in [0.15, 0.2) is 48.8 Å². The van der Waals surface area contributed by atoms with Crippen molar-refractivity contribution in [3.05, 3.63) is 60.2 Å². The van der Waals surface area contributed by atoms with Crippen LogP contribution in [0, 0.1) is 6.57 Å². The minimum absolute atomic E-state index is 0.446. The molecule has 0 bridgehead atoms. The number of aromatic nitrogens is 3. The Morgan fingerprint density at radius 3 is 2.96 bits per heavy atom. The summed E-state index contributed by atoms with van der Waals surface area (Å²) < 4.78 is 2.03. The van der Waals surface area contributed by atoms with Crippen LogP contribution in [-0.4, -0.2) is 25.7 Å². The number of aromatic amines is 1. The summed E-state index contributed by atoms with van der Waals surface area (Å²) >= 11 is 0. The Morgan fingerprint density at radius 2 is 2.21 bits per heavy atom. The van der Waals surface area contributed by atoms with Gasteiger partial charge in [-0.25, -0.2) is 9.83 Å². The van der Waals surface area contributed by atoms with E-state index < -0.39 is 6.10 Å². The maximum absolute atomic E-state index is 9.77. The molecule has 0 saturated carbocycles. The Balaban J connectivity index is 1.97. The Bertz CT molecular complexity index is 1050. The number of nitrogens with zero attached hydrogens (tertiary/aromatic N) is 3. The van der Waals surface area contributed by atoms with Crippen molar-refractivity contribution in [2.24, 2.45) is 0 Å². The highest BCUT2D eigenvalue weighted by Gasteiger charge is 2.14. The van der Waals surface area contributed by atoms with Crippen LogP contribution in [0.4, 0.5) is 5.69 Å². The first kappa shape index (κ1) is 14.5. The fraction of sp³-hybridized carbons (Fsp3) is 0.158. The number of hydrogen-bond acceptors (Lipinski definition) is 2. The van der Waals surface area contributed by atoms with Gasteiger partial charge >= 0.3 is 0 Å². The quantitative estimate of drug-likeness (QED) is 0.559. The largest absolute Gasteiger partial charge is 0.392 e. The van der Waals surface area contributed by atoms with Gasteiger partial charge in [-0.1, -0.05) is 6.07 Å². The fourth-order valence-electron chi connectivity index (χ4n) is 3.11. The van der Waals surface area contributed by atoms with E-state index in [1.54, 1.807) is 13.1 Å². The number of H-pyrrole nitrogens is 1. The summed E-state index contributed by atoms with van der Waals surface area (Å²) in [4.78, 5) is 11.2. The molecule has 5 heteroatoms. The van der Waals surface area contributed by atoms with E-state index in [2.05, 4.69) is 20.9 Å². The van der Waals surface area contributed by atoms with E-state index in [0.717, 1.165) is 33.2 Å². The first-order valence-corrected chi connectivity index (χ1v) is 7.78. The number of nitrogens with one attached hydrogen (secondary N) is 1. The molecule has 118 valence electrons. The van der Waals surface area contributed by atoms with Crippen molar-refractivity contribution >= 4 is 27.6 Å². The first-order valence-electron chi connectivity index (χ1n) is 7.78. The van der Waals surface area contributed by atoms with Gasteiger partial charge in [0.1, 0.15) is 5.65 Å². The lowest BCUT2D eigenvalue weighted by Crippen LogP contribution is -2.10. The van der Waals surface area contributed by atoms with Gasteiger partial charge in [0, 0.05) is 41.1 Å². The maximum Gasteiger partial charge on any atom is 0.188 e. The zero-order valence-electron chi connectivity index (χ0n) is 13.2. The molecule has 0 fully saturated rings. The lowest BCUT2D eigenvalue weighted by atomic mass is 10.1. The zero-order valence-corrected chi connectivity index (χ0v) is 13.2. The van der Waals surface area contributed by atoms with Gasteiger partial charge in [-0.05, 0) is 42.6 Å². The van der Waals surface area contributed by atoms with Crippen LogP contribution in [0.1, 0.15) is 6.92 Å². The summed E-state index contributed by atoms with van der Waals surface area (Å²) in [5.74, 6) is 0. The number of benzene rings is 1. The average Bonchev–Trinajstić information content (AvgIpc) is 3.15. The predicted molar refractivity (Wildman–Crippen MR) is 95.0 cm³/mol. The fourth-order valence-corrected chi connectivity index (χ4v) is 3.11. The molecular weight excluding hydrogens is 300 g/mol. The Kier molecular flexibility index (Phi) is 3.33. The van der Waals surface area contributed by atoms with E-state index in [0.29, 0.717) is 12.2 Å². The molecule has 0 saturated heterocycles. The van der Waals surface area contributed by atoms with Gasteiger partial charge in [0.05, 0.1) is 12.7 Å². The zero-order chi connectivity index (χ0) is 16.7. The summed E-state index contributed by atoms with van der Waals surface area (Å²) in [5, 5.41) is 11.8. The minimum atomic E-state index is -0.446. The van der Waals surface area contributed by atoms with Gasteiger partial charge in [-0.2, -0.15) is 0 Å². The van der Waals surface area contributed by atoms with Crippen molar-refractivity contribution in [3.8, 4) is 11.3 Å². The van der Waals surface area contributed by atoms with Gasteiger partial charge in [0.2, 0.25) is 0 Å². The highest BCUT2D eigenvalue weighted by atomic mass is 16.3. The third-order valence-electron chi connectivity index (χ3n) is 4.14. The second-order valence-electron chi connectivity index (χ2n) is 5.98. The highest BCUT2D eigenvalue weighted by molar-refractivity contribution is 5.99. The van der Waals surface area contributed by atoms with Crippen LogP contribution in [0.2, 0.25) is 0 Å². The van der Waals surface area contributed by atoms with Crippen molar-refractivity contribution in [1.29, 1.82) is 0 Å². The van der Waals surface area contributed by atoms with Crippen LogP contribution in [0.3, 0.4) is 0 Å². The van der Waals surface area contributed by atoms with Crippen LogP contribution in [-0.2, 0) is 6.54 Å². The number of hydrogen-bond donors (Lipinski definition) is 2. The molecule has 2 N–H and O–H groups in total. The molecule has 3 aromatic heterocycles. The Hall–Kier alpha value is -3.10. The van der Waals surface area contributed by atoms with Gasteiger partial charge in [0.15, 0.2) is 5.69 Å². The number of aliphatic hydroxyl groups is 1. The number of pyridine rings is 1. The van der Waals surface area contributed by atoms with Gasteiger partial charge in [0.25, 0.3) is 0 Å². The molecule has 0 aliphatic carbocycles. The molecule has 4 rings (SSSR count). The Labute approximate surface area is 139 Å². The molecule has 1 atom stereocenters. The van der Waals surface area contributed by atoms with Crippen LogP contribution >= 0.6 is 0 Å². The minimum Gasteiger partial charge on any atom is -0.392 e. The Morgan fingerprint density at radius 1 is 1.33 bits per heavy atom. The lowest BCUT2D eigenvalue weighted by molar-refractivity contribution is 0.175. The normalized spacial score (nSPS) is 12.5. The maximum atomic E-state index is 9.77. The molecule has 0 spiro atoms. The number of fused-ring (bicyclic) bond motifs is 2. The van der Waals surface area contributed by atoms with Crippen LogP contribution < -0.4 is 0 Å². The highest BCUT2D eigenvalue weighted by Crippen LogP contribution is 2.34. The van der Waals surface area contributed by atoms with E-state index in [1.165, 1.54) is 0 Å². The van der Waals surface area contributed by atoms with Crippen molar-refractivity contribution in [2.75, 3.05) is 0 Å². The SMILES string of the molecule is [C-]#[N+]c1ccc2c(c1)c(-c1cc3cccnc3[nH]1)cn2CC(C)O. The van der Waals surface area contributed by atoms with Crippen molar-refractivity contribution in [2.45, 2.75) is 19.6 Å². The summed E-state index contributed by atoms with van der Waals surface area (Å²) in [6, 6.07) is 11.6. The summed E-state index contributed by atoms with van der Waals surface area (Å²) in [5.41, 5.74) is 4.41. The van der Waals surface area contributed by atoms with Crippen molar-refractivity contribution < 1.29 is 5.11 Å². The second-order valence-corrected chi connectivity index (χ2v) is 5.98. The van der Waals surface area contributed by atoms with Crippen LogP contribution in [0.5, 0.6) is 0 Å². The first-order chi connectivity index (χ1) is 11.7. The molecule has 1 aromatic carbocycles. The molecule has 24 heavy (non-hydrogen) atoms. The van der Waals surface area contributed by atoms with Crippen molar-refractivity contribution in [3.63, 3.8) is 0 Å². The van der Waals surface area contributed by atoms with E-state index >= 15 is 0 Å². The molecule has 4 aromatic rings. The molecule has 1 unspecified atom stereocenters. The standard InChI is InChI=1S/C19H16N4O/c1-12(24)10-23-11-16(15-9-14(20-2)5-6-18(15)23)17-8-13-4-3-7-21-19(13)22-17/h3-9,11-12,24H,10H2,1H3,(H,21,22). The molecule has 0 aliphatic heterocycles. The van der Waals surface area contributed by atoms with Crippen LogP contribution in [0.25, 0.3) is 38.0 Å². The molecule has 0 aliphatic rings. The molecule has 0 amide bonds. The number of aliphatic hydroxyl groups excluding tert-OH is 1. The van der Waals surface area contributed by atoms with Gasteiger partial charge in [-0.3, -0.25) is 0 Å².